The summed E-state index contributed by atoms with van der Waals surface area (Å²) in [5.41, 5.74) is 1.55. The smallest absolute Gasteiger partial charge is 0.168 e. The molecule has 0 fully saturated rings. The van der Waals surface area contributed by atoms with Crippen LogP contribution in [0.15, 0.2) is 24.5 Å². The highest BCUT2D eigenvalue weighted by Crippen LogP contribution is 2.09. The lowest BCUT2D eigenvalue weighted by atomic mass is 10.1. The molecular formula is C14H18N4O. The van der Waals surface area contributed by atoms with Crippen LogP contribution in [0.25, 0.3) is 0 Å². The summed E-state index contributed by atoms with van der Waals surface area (Å²) < 4.78 is 0. The number of rotatable bonds is 2. The maximum Gasteiger partial charge on any atom is 0.168 e. The minimum Gasteiger partial charge on any atom is -0.296 e. The van der Waals surface area contributed by atoms with E-state index in [9.17, 15) is 4.79 Å². The van der Waals surface area contributed by atoms with E-state index in [1.807, 2.05) is 13.0 Å². The monoisotopic (exact) mass is 258 g/mol. The molecule has 5 nitrogen and oxygen atoms in total. The van der Waals surface area contributed by atoms with Gasteiger partial charge in [-0.15, -0.1) is 0 Å². The lowest BCUT2D eigenvalue weighted by Gasteiger charge is -2.02. The normalized spacial score (nSPS) is 9.74. The van der Waals surface area contributed by atoms with Gasteiger partial charge in [0.1, 0.15) is 17.3 Å². The molecule has 0 aliphatic rings. The molecule has 2 heterocycles. The van der Waals surface area contributed by atoms with Gasteiger partial charge in [0.2, 0.25) is 0 Å². The van der Waals surface area contributed by atoms with Gasteiger partial charge in [-0.2, -0.15) is 0 Å². The van der Waals surface area contributed by atoms with Crippen molar-refractivity contribution in [2.24, 2.45) is 0 Å². The molecule has 0 aromatic carbocycles. The maximum absolute atomic E-state index is 10.1. The molecule has 0 spiro atoms. The first-order valence-electron chi connectivity index (χ1n) is 6.07. The second-order valence-corrected chi connectivity index (χ2v) is 4.33. The van der Waals surface area contributed by atoms with Crippen molar-refractivity contribution in [2.45, 2.75) is 33.6 Å². The van der Waals surface area contributed by atoms with E-state index in [4.69, 9.17) is 0 Å². The van der Waals surface area contributed by atoms with Gasteiger partial charge in [-0.3, -0.25) is 4.79 Å². The van der Waals surface area contributed by atoms with Gasteiger partial charge in [-0.05, 0) is 31.9 Å². The van der Waals surface area contributed by atoms with Gasteiger partial charge < -0.3 is 0 Å². The molecule has 2 aromatic heterocycles. The van der Waals surface area contributed by atoms with Crippen molar-refractivity contribution < 1.29 is 4.79 Å². The lowest BCUT2D eigenvalue weighted by molar-refractivity contribution is 0.111. The van der Waals surface area contributed by atoms with Crippen molar-refractivity contribution in [3.05, 3.63) is 47.6 Å². The third-order valence-electron chi connectivity index (χ3n) is 2.31. The topological polar surface area (TPSA) is 68.6 Å². The van der Waals surface area contributed by atoms with Crippen molar-refractivity contribution >= 4 is 6.29 Å². The number of hydrogen-bond donors (Lipinski definition) is 0. The standard InChI is InChI=1S/C8H12N2.C6H6N2O/c1-6(2)8-4-5-9-7(3)10-8;1-5-7-3-2-6(4-9)8-5/h4-6H,1-3H3;2-4H,1H3. The van der Waals surface area contributed by atoms with Gasteiger partial charge in [-0.25, -0.2) is 19.9 Å². The highest BCUT2D eigenvalue weighted by Gasteiger charge is 1.98. The van der Waals surface area contributed by atoms with E-state index >= 15 is 0 Å². The van der Waals surface area contributed by atoms with Crippen molar-refractivity contribution in [3.63, 3.8) is 0 Å². The largest absolute Gasteiger partial charge is 0.296 e. The minimum atomic E-state index is 0.433. The average molecular weight is 258 g/mol. The number of aldehydes is 1. The Labute approximate surface area is 113 Å². The number of aromatic nitrogens is 4. The van der Waals surface area contributed by atoms with E-state index in [-0.39, 0.29) is 0 Å². The van der Waals surface area contributed by atoms with Crippen LogP contribution in [0.2, 0.25) is 0 Å². The van der Waals surface area contributed by atoms with E-state index in [1.165, 1.54) is 0 Å². The van der Waals surface area contributed by atoms with Gasteiger partial charge in [-0.1, -0.05) is 13.8 Å². The number of aryl methyl sites for hydroxylation is 2. The lowest BCUT2D eigenvalue weighted by Crippen LogP contribution is -1.95. The quantitative estimate of drug-likeness (QED) is 0.774. The van der Waals surface area contributed by atoms with E-state index < -0.39 is 0 Å². The number of hydrogen-bond acceptors (Lipinski definition) is 5. The summed E-state index contributed by atoms with van der Waals surface area (Å²) in [6.07, 6.45) is 4.07. The van der Waals surface area contributed by atoms with Crippen LogP contribution >= 0.6 is 0 Å². The Kier molecular flexibility index (Phi) is 5.73. The second kappa shape index (κ2) is 7.31. The Morgan fingerprint density at radius 3 is 1.95 bits per heavy atom. The molecule has 0 radical (unpaired) electrons. The van der Waals surface area contributed by atoms with Crippen molar-refractivity contribution in [2.75, 3.05) is 0 Å². The SMILES string of the molecule is Cc1nccc(C(C)C)n1.Cc1nccc(C=O)n1. The Morgan fingerprint density at radius 2 is 1.58 bits per heavy atom. The third-order valence-corrected chi connectivity index (χ3v) is 2.31. The van der Waals surface area contributed by atoms with Crippen LogP contribution in [0.4, 0.5) is 0 Å². The molecule has 2 aromatic rings. The van der Waals surface area contributed by atoms with Gasteiger partial charge >= 0.3 is 0 Å². The zero-order valence-corrected chi connectivity index (χ0v) is 11.7. The molecule has 2 rings (SSSR count). The highest BCUT2D eigenvalue weighted by atomic mass is 16.1. The van der Waals surface area contributed by atoms with Gasteiger partial charge in [0.15, 0.2) is 6.29 Å². The third kappa shape index (κ3) is 5.33. The van der Waals surface area contributed by atoms with Crippen molar-refractivity contribution in [1.29, 1.82) is 0 Å². The van der Waals surface area contributed by atoms with E-state index in [0.29, 0.717) is 23.7 Å². The molecule has 0 saturated heterocycles. The fraction of sp³-hybridized carbons (Fsp3) is 0.357. The Hall–Kier alpha value is -2.17. The zero-order chi connectivity index (χ0) is 14.3. The Bertz CT molecular complexity index is 540. The number of carbonyl (C=O) groups is 1. The molecule has 0 aliphatic carbocycles. The van der Waals surface area contributed by atoms with Gasteiger partial charge in [0, 0.05) is 18.1 Å². The molecule has 0 aliphatic heterocycles. The summed E-state index contributed by atoms with van der Waals surface area (Å²) in [4.78, 5) is 26.0. The summed E-state index contributed by atoms with van der Waals surface area (Å²) in [7, 11) is 0. The van der Waals surface area contributed by atoms with Crippen molar-refractivity contribution in [1.82, 2.24) is 19.9 Å². The maximum atomic E-state index is 10.1. The summed E-state index contributed by atoms with van der Waals surface area (Å²) in [5, 5.41) is 0. The summed E-state index contributed by atoms with van der Waals surface area (Å²) in [6.45, 7) is 7.91. The zero-order valence-electron chi connectivity index (χ0n) is 11.7. The molecule has 0 saturated carbocycles. The van der Waals surface area contributed by atoms with Crippen LogP contribution in [0.3, 0.4) is 0 Å². The van der Waals surface area contributed by atoms with Crippen LogP contribution in [0, 0.1) is 13.8 Å². The first kappa shape index (κ1) is 14.9. The molecular weight excluding hydrogens is 240 g/mol. The Morgan fingerprint density at radius 1 is 1.00 bits per heavy atom. The Balaban J connectivity index is 0.000000191. The molecule has 19 heavy (non-hydrogen) atoms. The van der Waals surface area contributed by atoms with Crippen LogP contribution in [0.5, 0.6) is 0 Å². The second-order valence-electron chi connectivity index (χ2n) is 4.33. The predicted molar refractivity (Wildman–Crippen MR) is 73.0 cm³/mol. The molecule has 0 bridgehead atoms. The van der Waals surface area contributed by atoms with E-state index in [0.717, 1.165) is 11.5 Å². The first-order valence-corrected chi connectivity index (χ1v) is 6.07. The number of carbonyl (C=O) groups excluding carboxylic acids is 1. The summed E-state index contributed by atoms with van der Waals surface area (Å²) in [5.74, 6) is 1.98. The molecule has 0 amide bonds. The van der Waals surface area contributed by atoms with E-state index in [2.05, 4.69) is 33.8 Å². The predicted octanol–water partition coefficient (Wildman–Crippen LogP) is 2.51. The van der Waals surface area contributed by atoms with Crippen LogP contribution in [-0.4, -0.2) is 26.2 Å². The fourth-order valence-corrected chi connectivity index (χ4v) is 1.34. The highest BCUT2D eigenvalue weighted by molar-refractivity contribution is 5.71. The summed E-state index contributed by atoms with van der Waals surface area (Å²) >= 11 is 0. The van der Waals surface area contributed by atoms with Crippen LogP contribution in [-0.2, 0) is 0 Å². The molecule has 5 heteroatoms. The van der Waals surface area contributed by atoms with E-state index in [1.54, 1.807) is 25.4 Å². The minimum absolute atomic E-state index is 0.433. The molecule has 0 atom stereocenters. The average Bonchev–Trinajstić information content (AvgIpc) is 2.39. The van der Waals surface area contributed by atoms with Crippen LogP contribution in [0.1, 0.15) is 47.6 Å². The summed E-state index contributed by atoms with van der Waals surface area (Å²) in [6, 6.07) is 3.53. The number of nitrogens with zero attached hydrogens (tertiary/aromatic N) is 4. The first-order chi connectivity index (χ1) is 9.02. The van der Waals surface area contributed by atoms with Crippen LogP contribution < -0.4 is 0 Å². The fourth-order valence-electron chi connectivity index (χ4n) is 1.34. The molecule has 100 valence electrons. The van der Waals surface area contributed by atoms with Crippen molar-refractivity contribution in [3.8, 4) is 0 Å². The molecule has 0 N–H and O–H groups in total. The van der Waals surface area contributed by atoms with Gasteiger partial charge in [0.25, 0.3) is 0 Å². The molecule has 0 unspecified atom stereocenters. The van der Waals surface area contributed by atoms with Gasteiger partial charge in [0.05, 0.1) is 0 Å².